The molecule has 1 heterocycles. The van der Waals surface area contributed by atoms with Gasteiger partial charge in [-0.05, 0) is 25.7 Å². The van der Waals surface area contributed by atoms with E-state index in [-0.39, 0.29) is 0 Å². The highest BCUT2D eigenvalue weighted by Gasteiger charge is 2.19. The lowest BCUT2D eigenvalue weighted by atomic mass is 9.94. The number of aliphatic hydroxyl groups excluding tert-OH is 1. The van der Waals surface area contributed by atoms with Crippen molar-refractivity contribution < 1.29 is 5.11 Å². The second-order valence-electron chi connectivity index (χ2n) is 3.79. The molecule has 0 aliphatic carbocycles. The first-order valence-corrected chi connectivity index (χ1v) is 5.23. The van der Waals surface area contributed by atoms with E-state index in [9.17, 15) is 0 Å². The van der Waals surface area contributed by atoms with E-state index in [2.05, 4.69) is 12.2 Å². The summed E-state index contributed by atoms with van der Waals surface area (Å²) in [5, 5.41) is 12.4. The van der Waals surface area contributed by atoms with Crippen molar-refractivity contribution in [3.63, 3.8) is 0 Å². The van der Waals surface area contributed by atoms with Crippen LogP contribution in [0.1, 0.15) is 45.4 Å². The predicted molar refractivity (Wildman–Crippen MR) is 51.2 cm³/mol. The van der Waals surface area contributed by atoms with Crippen LogP contribution in [0.25, 0.3) is 0 Å². The average molecular weight is 171 g/mol. The fourth-order valence-corrected chi connectivity index (χ4v) is 2.07. The van der Waals surface area contributed by atoms with Gasteiger partial charge in [0.05, 0.1) is 0 Å². The Bertz CT molecular complexity index is 100. The lowest BCUT2D eigenvalue weighted by molar-refractivity contribution is 0.227. The fourth-order valence-electron chi connectivity index (χ4n) is 2.07. The Labute approximate surface area is 75.4 Å². The third-order valence-corrected chi connectivity index (χ3v) is 2.69. The summed E-state index contributed by atoms with van der Waals surface area (Å²) in [5.41, 5.74) is 0. The zero-order valence-electron chi connectivity index (χ0n) is 8.05. The second kappa shape index (κ2) is 5.55. The molecule has 2 nitrogen and oxygen atoms in total. The number of hydrogen-bond donors (Lipinski definition) is 2. The fraction of sp³-hybridized carbons (Fsp3) is 1.00. The summed E-state index contributed by atoms with van der Waals surface area (Å²) in [5.74, 6) is 0. The van der Waals surface area contributed by atoms with Crippen LogP contribution in [0.4, 0.5) is 0 Å². The van der Waals surface area contributed by atoms with Crippen LogP contribution in [0.2, 0.25) is 0 Å². The smallest absolute Gasteiger partial charge is 0.0445 e. The molecule has 1 aliphatic heterocycles. The Hall–Kier alpha value is -0.0800. The van der Waals surface area contributed by atoms with E-state index >= 15 is 0 Å². The largest absolute Gasteiger partial charge is 0.396 e. The molecule has 12 heavy (non-hydrogen) atoms. The molecule has 2 unspecified atom stereocenters. The van der Waals surface area contributed by atoms with Crippen molar-refractivity contribution in [2.75, 3.05) is 6.61 Å². The van der Waals surface area contributed by atoms with Gasteiger partial charge in [-0.2, -0.15) is 0 Å². The summed E-state index contributed by atoms with van der Waals surface area (Å²) >= 11 is 0. The quantitative estimate of drug-likeness (QED) is 0.674. The molecule has 2 atom stereocenters. The van der Waals surface area contributed by atoms with Crippen molar-refractivity contribution in [2.24, 2.45) is 0 Å². The van der Waals surface area contributed by atoms with Crippen LogP contribution >= 0.6 is 0 Å². The minimum absolute atomic E-state index is 0.330. The van der Waals surface area contributed by atoms with E-state index in [4.69, 9.17) is 5.11 Å². The Morgan fingerprint density at radius 2 is 1.92 bits per heavy atom. The zero-order valence-corrected chi connectivity index (χ0v) is 8.05. The lowest BCUT2D eigenvalue weighted by Gasteiger charge is -2.30. The third kappa shape index (κ3) is 3.11. The van der Waals surface area contributed by atoms with E-state index in [1.165, 1.54) is 32.1 Å². The SMILES string of the molecule is CCCC1CCCC(CCO)N1. The van der Waals surface area contributed by atoms with Gasteiger partial charge in [-0.15, -0.1) is 0 Å². The Morgan fingerprint density at radius 3 is 2.50 bits per heavy atom. The molecule has 72 valence electrons. The van der Waals surface area contributed by atoms with Crippen LogP contribution in [-0.2, 0) is 0 Å². The maximum Gasteiger partial charge on any atom is 0.0445 e. The van der Waals surface area contributed by atoms with Gasteiger partial charge in [-0.3, -0.25) is 0 Å². The Morgan fingerprint density at radius 1 is 1.25 bits per heavy atom. The van der Waals surface area contributed by atoms with Crippen LogP contribution < -0.4 is 5.32 Å². The highest BCUT2D eigenvalue weighted by atomic mass is 16.3. The molecule has 2 N–H and O–H groups in total. The molecule has 1 fully saturated rings. The summed E-state index contributed by atoms with van der Waals surface area (Å²) in [7, 11) is 0. The molecule has 2 heteroatoms. The summed E-state index contributed by atoms with van der Waals surface area (Å²) in [6.45, 7) is 2.56. The van der Waals surface area contributed by atoms with Crippen molar-refractivity contribution in [3.05, 3.63) is 0 Å². The van der Waals surface area contributed by atoms with Gasteiger partial charge < -0.3 is 10.4 Å². The molecule has 1 saturated heterocycles. The highest BCUT2D eigenvalue weighted by Crippen LogP contribution is 2.17. The molecule has 1 aliphatic rings. The van der Waals surface area contributed by atoms with E-state index in [1.807, 2.05) is 0 Å². The molecule has 0 spiro atoms. The second-order valence-corrected chi connectivity index (χ2v) is 3.79. The molecular weight excluding hydrogens is 150 g/mol. The van der Waals surface area contributed by atoms with Gasteiger partial charge in [0.15, 0.2) is 0 Å². The minimum Gasteiger partial charge on any atom is -0.396 e. The number of aliphatic hydroxyl groups is 1. The maximum atomic E-state index is 8.79. The minimum atomic E-state index is 0.330. The molecule has 0 aromatic heterocycles. The van der Waals surface area contributed by atoms with Crippen molar-refractivity contribution in [3.8, 4) is 0 Å². The topological polar surface area (TPSA) is 32.3 Å². The first-order chi connectivity index (χ1) is 5.86. The van der Waals surface area contributed by atoms with Gasteiger partial charge in [0.2, 0.25) is 0 Å². The predicted octanol–water partition coefficient (Wildman–Crippen LogP) is 1.68. The molecule has 0 radical (unpaired) electrons. The molecule has 0 saturated carbocycles. The summed E-state index contributed by atoms with van der Waals surface area (Å²) < 4.78 is 0. The first-order valence-electron chi connectivity index (χ1n) is 5.23. The van der Waals surface area contributed by atoms with Gasteiger partial charge in [-0.25, -0.2) is 0 Å². The van der Waals surface area contributed by atoms with E-state index in [1.54, 1.807) is 0 Å². The van der Waals surface area contributed by atoms with Crippen LogP contribution in [0.15, 0.2) is 0 Å². The van der Waals surface area contributed by atoms with Gasteiger partial charge in [0.25, 0.3) is 0 Å². The summed E-state index contributed by atoms with van der Waals surface area (Å²) in [4.78, 5) is 0. The van der Waals surface area contributed by atoms with Gasteiger partial charge in [-0.1, -0.05) is 19.8 Å². The highest BCUT2D eigenvalue weighted by molar-refractivity contribution is 4.79. The molecule has 0 aromatic rings. The van der Waals surface area contributed by atoms with E-state index < -0.39 is 0 Å². The van der Waals surface area contributed by atoms with Crippen LogP contribution in [-0.4, -0.2) is 23.8 Å². The normalized spacial score (nSPS) is 30.5. The van der Waals surface area contributed by atoms with Crippen LogP contribution in [0.3, 0.4) is 0 Å². The number of nitrogens with one attached hydrogen (secondary N) is 1. The Kier molecular flexibility index (Phi) is 4.62. The van der Waals surface area contributed by atoms with Crippen molar-refractivity contribution >= 4 is 0 Å². The van der Waals surface area contributed by atoms with E-state index in [0.29, 0.717) is 12.6 Å². The van der Waals surface area contributed by atoms with Gasteiger partial charge in [0, 0.05) is 18.7 Å². The number of hydrogen-bond acceptors (Lipinski definition) is 2. The molecule has 1 rings (SSSR count). The monoisotopic (exact) mass is 171 g/mol. The van der Waals surface area contributed by atoms with Gasteiger partial charge in [0.1, 0.15) is 0 Å². The molecule has 0 amide bonds. The molecular formula is C10H21NO. The maximum absolute atomic E-state index is 8.79. The Balaban J connectivity index is 2.20. The zero-order chi connectivity index (χ0) is 8.81. The molecule has 0 aromatic carbocycles. The van der Waals surface area contributed by atoms with Crippen LogP contribution in [0.5, 0.6) is 0 Å². The molecule has 0 bridgehead atoms. The number of piperidine rings is 1. The standard InChI is InChI=1S/C10H21NO/c1-2-4-9-5-3-6-10(11-9)7-8-12/h9-12H,2-8H2,1H3. The van der Waals surface area contributed by atoms with Crippen molar-refractivity contribution in [2.45, 2.75) is 57.5 Å². The summed E-state index contributed by atoms with van der Waals surface area (Å²) in [6, 6.07) is 1.31. The lowest BCUT2D eigenvalue weighted by Crippen LogP contribution is -2.42. The van der Waals surface area contributed by atoms with Crippen molar-refractivity contribution in [1.29, 1.82) is 0 Å². The third-order valence-electron chi connectivity index (χ3n) is 2.69. The van der Waals surface area contributed by atoms with E-state index in [0.717, 1.165) is 12.5 Å². The average Bonchev–Trinajstić information content (AvgIpc) is 2.06. The number of rotatable bonds is 4. The van der Waals surface area contributed by atoms with Crippen LogP contribution in [0, 0.1) is 0 Å². The summed E-state index contributed by atoms with van der Waals surface area (Å²) in [6.07, 6.45) is 7.41. The first kappa shape index (κ1) is 10.0. The van der Waals surface area contributed by atoms with Crippen molar-refractivity contribution in [1.82, 2.24) is 5.32 Å². The van der Waals surface area contributed by atoms with Gasteiger partial charge >= 0.3 is 0 Å².